The maximum Gasteiger partial charge on any atom is 0.303 e. The summed E-state index contributed by atoms with van der Waals surface area (Å²) in [4.78, 5) is 10.5. The molecule has 68 valence electrons. The molecule has 1 aliphatic rings. The molecule has 1 rings (SSSR count). The predicted molar refractivity (Wildman–Crippen MR) is 50.7 cm³/mol. The molecule has 1 unspecified atom stereocenters. The van der Waals surface area contributed by atoms with Gasteiger partial charge in [0.2, 0.25) is 0 Å². The van der Waals surface area contributed by atoms with Crippen LogP contribution in [0.5, 0.6) is 0 Å². The lowest BCUT2D eigenvalue weighted by atomic mass is 9.93. The van der Waals surface area contributed by atoms with Gasteiger partial charge in [-0.1, -0.05) is 31.1 Å². The zero-order chi connectivity index (χ0) is 9.73. The highest BCUT2D eigenvalue weighted by Crippen LogP contribution is 2.20. The van der Waals surface area contributed by atoms with Crippen LogP contribution in [0.25, 0.3) is 0 Å². The molecule has 1 atom stereocenters. The van der Waals surface area contributed by atoms with Crippen molar-refractivity contribution in [3.8, 4) is 11.8 Å². The normalized spacial score (nSPS) is 25.0. The Hall–Kier alpha value is -1.56. The maximum absolute atomic E-state index is 10.8. The molecule has 0 aliphatic heterocycles. The van der Waals surface area contributed by atoms with Gasteiger partial charge in [-0.2, -0.15) is 0 Å². The number of hydrogen-bond donors (Lipinski definition) is 0. The molecule has 0 fully saturated rings. The Kier molecular flexibility index (Phi) is 2.86. The largest absolute Gasteiger partial charge is 0.303 e. The molecule has 0 aromatic carbocycles. The molecule has 0 bridgehead atoms. The fraction of sp³-hybridized carbons (Fsp3) is 0.400. The third-order valence-corrected chi connectivity index (χ3v) is 1.86. The van der Waals surface area contributed by atoms with E-state index in [2.05, 4.69) is 11.8 Å². The monoisotopic (exact) mass is 177 g/mol. The summed E-state index contributed by atoms with van der Waals surface area (Å²) in [5.74, 6) is 5.46. The third-order valence-electron chi connectivity index (χ3n) is 1.86. The van der Waals surface area contributed by atoms with Crippen LogP contribution >= 0.6 is 0 Å². The van der Waals surface area contributed by atoms with Crippen molar-refractivity contribution in [3.63, 3.8) is 0 Å². The Morgan fingerprint density at radius 1 is 1.62 bits per heavy atom. The van der Waals surface area contributed by atoms with Crippen molar-refractivity contribution in [1.29, 1.82) is 0 Å². The Bertz CT molecular complexity index is 320. The lowest BCUT2D eigenvalue weighted by Gasteiger charge is -2.15. The molecule has 0 saturated heterocycles. The summed E-state index contributed by atoms with van der Waals surface area (Å²) in [6.07, 6.45) is 7.81. The van der Waals surface area contributed by atoms with Gasteiger partial charge in [0.1, 0.15) is 0 Å². The number of rotatable bonds is 1. The van der Waals surface area contributed by atoms with Crippen molar-refractivity contribution < 1.29 is 4.92 Å². The fourth-order valence-corrected chi connectivity index (χ4v) is 1.12. The quantitative estimate of drug-likeness (QED) is 0.349. The molecule has 3 nitrogen and oxygen atoms in total. The van der Waals surface area contributed by atoms with Crippen LogP contribution in [0.4, 0.5) is 0 Å². The Labute approximate surface area is 77.3 Å². The molecule has 0 heterocycles. The van der Waals surface area contributed by atoms with Crippen molar-refractivity contribution in [2.24, 2.45) is 0 Å². The van der Waals surface area contributed by atoms with E-state index in [1.807, 2.05) is 6.92 Å². The minimum absolute atomic E-state index is 0.324. The molecule has 0 aromatic heterocycles. The van der Waals surface area contributed by atoms with Gasteiger partial charge in [0, 0.05) is 17.4 Å². The number of hydrogen-bond acceptors (Lipinski definition) is 2. The highest BCUT2D eigenvalue weighted by atomic mass is 16.6. The molecule has 13 heavy (non-hydrogen) atoms. The first kappa shape index (κ1) is 9.53. The van der Waals surface area contributed by atoms with E-state index >= 15 is 0 Å². The number of nitrogens with zero attached hydrogens (tertiary/aromatic N) is 1. The van der Waals surface area contributed by atoms with Crippen LogP contribution < -0.4 is 0 Å². The molecule has 0 aromatic rings. The average Bonchev–Trinajstić information content (AvgIpc) is 2.16. The first-order valence-corrected chi connectivity index (χ1v) is 4.20. The van der Waals surface area contributed by atoms with Crippen LogP contribution in [-0.4, -0.2) is 10.5 Å². The van der Waals surface area contributed by atoms with Crippen molar-refractivity contribution in [2.45, 2.75) is 25.3 Å². The van der Waals surface area contributed by atoms with Crippen LogP contribution in [0.3, 0.4) is 0 Å². The van der Waals surface area contributed by atoms with E-state index in [-0.39, 0.29) is 4.92 Å². The molecule has 0 N–H and O–H groups in total. The van der Waals surface area contributed by atoms with E-state index in [0.29, 0.717) is 12.8 Å². The first-order chi connectivity index (χ1) is 6.21. The molecule has 0 radical (unpaired) electrons. The first-order valence-electron chi connectivity index (χ1n) is 4.20. The zero-order valence-corrected chi connectivity index (χ0v) is 7.49. The Morgan fingerprint density at radius 3 is 2.85 bits per heavy atom. The second-order valence-electron chi connectivity index (χ2n) is 2.83. The van der Waals surface area contributed by atoms with Crippen LogP contribution in [0, 0.1) is 22.0 Å². The minimum atomic E-state index is -1.18. The second-order valence-corrected chi connectivity index (χ2v) is 2.83. The van der Waals surface area contributed by atoms with Gasteiger partial charge < -0.3 is 0 Å². The van der Waals surface area contributed by atoms with Gasteiger partial charge in [-0.05, 0) is 5.92 Å². The minimum Gasteiger partial charge on any atom is -0.263 e. The standard InChI is InChI=1S/C10H11NO2/c1-2-3-7-10(11(12)13)8-5-4-6-9-10/h4-6,8H,2,9H2,1H3. The lowest BCUT2D eigenvalue weighted by Crippen LogP contribution is -2.34. The summed E-state index contributed by atoms with van der Waals surface area (Å²) in [5, 5.41) is 10.8. The predicted octanol–water partition coefficient (Wildman–Crippen LogP) is 1.93. The number of nitro groups is 1. The zero-order valence-electron chi connectivity index (χ0n) is 7.49. The maximum atomic E-state index is 10.8. The smallest absolute Gasteiger partial charge is 0.263 e. The SMILES string of the molecule is CCC#CC1([N+](=O)[O-])C=CC=CC1. The van der Waals surface area contributed by atoms with E-state index in [0.717, 1.165) is 0 Å². The van der Waals surface area contributed by atoms with Gasteiger partial charge >= 0.3 is 5.54 Å². The summed E-state index contributed by atoms with van der Waals surface area (Å²) in [7, 11) is 0. The van der Waals surface area contributed by atoms with Crippen LogP contribution in [0.15, 0.2) is 24.3 Å². The van der Waals surface area contributed by atoms with Gasteiger partial charge in [0.25, 0.3) is 0 Å². The van der Waals surface area contributed by atoms with Gasteiger partial charge in [0.05, 0.1) is 6.42 Å². The number of allylic oxidation sites excluding steroid dienone is 2. The topological polar surface area (TPSA) is 43.1 Å². The van der Waals surface area contributed by atoms with E-state index in [4.69, 9.17) is 0 Å². The fourth-order valence-electron chi connectivity index (χ4n) is 1.12. The summed E-state index contributed by atoms with van der Waals surface area (Å²) in [6.45, 7) is 1.88. The molecule has 1 aliphatic carbocycles. The molecule has 0 spiro atoms. The van der Waals surface area contributed by atoms with E-state index in [1.54, 1.807) is 24.3 Å². The Balaban J connectivity index is 2.95. The van der Waals surface area contributed by atoms with E-state index < -0.39 is 5.54 Å². The third kappa shape index (κ3) is 1.97. The average molecular weight is 177 g/mol. The van der Waals surface area contributed by atoms with Crippen LogP contribution in [-0.2, 0) is 0 Å². The van der Waals surface area contributed by atoms with Gasteiger partial charge in [0.15, 0.2) is 0 Å². The van der Waals surface area contributed by atoms with Crippen molar-refractivity contribution in [3.05, 3.63) is 34.4 Å². The van der Waals surface area contributed by atoms with Crippen LogP contribution in [0.2, 0.25) is 0 Å². The van der Waals surface area contributed by atoms with Gasteiger partial charge in [-0.3, -0.25) is 10.1 Å². The molecule has 0 amide bonds. The summed E-state index contributed by atoms with van der Waals surface area (Å²) < 4.78 is 0. The van der Waals surface area contributed by atoms with E-state index in [1.165, 1.54) is 0 Å². The Morgan fingerprint density at radius 2 is 2.38 bits per heavy atom. The summed E-state index contributed by atoms with van der Waals surface area (Å²) in [5.41, 5.74) is -1.18. The molecule has 0 saturated carbocycles. The molecular formula is C10H11NO2. The van der Waals surface area contributed by atoms with Crippen molar-refractivity contribution in [1.82, 2.24) is 0 Å². The van der Waals surface area contributed by atoms with E-state index in [9.17, 15) is 10.1 Å². The molecule has 3 heteroatoms. The van der Waals surface area contributed by atoms with Crippen molar-refractivity contribution in [2.75, 3.05) is 0 Å². The highest BCUT2D eigenvalue weighted by Gasteiger charge is 2.37. The second kappa shape index (κ2) is 3.90. The van der Waals surface area contributed by atoms with Gasteiger partial charge in [-0.15, -0.1) is 0 Å². The van der Waals surface area contributed by atoms with Crippen LogP contribution in [0.1, 0.15) is 19.8 Å². The van der Waals surface area contributed by atoms with Crippen molar-refractivity contribution >= 4 is 0 Å². The molecular weight excluding hydrogens is 166 g/mol. The summed E-state index contributed by atoms with van der Waals surface area (Å²) in [6, 6.07) is 0. The highest BCUT2D eigenvalue weighted by molar-refractivity contribution is 5.30. The summed E-state index contributed by atoms with van der Waals surface area (Å²) >= 11 is 0. The van der Waals surface area contributed by atoms with Gasteiger partial charge in [-0.25, -0.2) is 0 Å². The lowest BCUT2D eigenvalue weighted by molar-refractivity contribution is -0.536.